The summed E-state index contributed by atoms with van der Waals surface area (Å²) in [4.78, 5) is 7.11. The van der Waals surface area contributed by atoms with Crippen LogP contribution in [-0.4, -0.2) is 47.3 Å². The van der Waals surface area contributed by atoms with Gasteiger partial charge in [-0.1, -0.05) is 0 Å². The van der Waals surface area contributed by atoms with E-state index in [9.17, 15) is 0 Å². The molecule has 0 amide bonds. The number of aromatic nitrogens is 2. The summed E-state index contributed by atoms with van der Waals surface area (Å²) in [5, 5.41) is 0. The number of ether oxygens (including phenoxy) is 1. The minimum Gasteiger partial charge on any atom is -0.380 e. The van der Waals surface area contributed by atoms with Crippen molar-refractivity contribution in [2.75, 3.05) is 32.8 Å². The third kappa shape index (κ3) is 3.80. The van der Waals surface area contributed by atoms with E-state index in [1.165, 1.54) is 25.2 Å². The molecule has 1 aliphatic rings. The van der Waals surface area contributed by atoms with Crippen LogP contribution in [-0.2, 0) is 4.74 Å². The van der Waals surface area contributed by atoms with Crippen molar-refractivity contribution < 1.29 is 4.74 Å². The van der Waals surface area contributed by atoms with Gasteiger partial charge in [0.15, 0.2) is 0 Å². The highest BCUT2D eigenvalue weighted by molar-refractivity contribution is 5.04. The van der Waals surface area contributed by atoms with Crippen molar-refractivity contribution in [2.24, 2.45) is 0 Å². The lowest BCUT2D eigenvalue weighted by atomic mass is 9.97. The van der Waals surface area contributed by atoms with Gasteiger partial charge in [-0.3, -0.25) is 0 Å². The number of rotatable bonds is 6. The lowest BCUT2D eigenvalue weighted by Gasteiger charge is -2.32. The van der Waals surface area contributed by atoms with Crippen LogP contribution in [0.3, 0.4) is 0 Å². The van der Waals surface area contributed by atoms with Crippen molar-refractivity contribution in [3.63, 3.8) is 0 Å². The first kappa shape index (κ1) is 14.5. The summed E-state index contributed by atoms with van der Waals surface area (Å²) in [7, 11) is 0. The van der Waals surface area contributed by atoms with Crippen molar-refractivity contribution in [3.05, 3.63) is 18.2 Å². The third-order valence-corrected chi connectivity index (χ3v) is 3.88. The van der Waals surface area contributed by atoms with E-state index in [-0.39, 0.29) is 0 Å². The summed E-state index contributed by atoms with van der Waals surface area (Å²) in [5.41, 5.74) is 0. The standard InChI is InChI=1S/C15H27N3O/c1-4-19-11-10-17-8-5-6-14(12-17)15-16-7-9-18(15)13(2)3/h7,9,13-14H,4-6,8,10-12H2,1-3H3/t14-/m0/s1. The molecule has 0 aliphatic carbocycles. The minimum absolute atomic E-state index is 0.497. The molecule has 0 aromatic carbocycles. The minimum atomic E-state index is 0.497. The molecule has 4 heteroatoms. The van der Waals surface area contributed by atoms with Crippen LogP contribution >= 0.6 is 0 Å². The zero-order valence-electron chi connectivity index (χ0n) is 12.5. The number of piperidine rings is 1. The predicted octanol–water partition coefficient (Wildman–Crippen LogP) is 2.68. The maximum atomic E-state index is 5.46. The zero-order valence-corrected chi connectivity index (χ0v) is 12.5. The van der Waals surface area contributed by atoms with Crippen LogP contribution in [0.25, 0.3) is 0 Å². The number of hydrogen-bond acceptors (Lipinski definition) is 3. The van der Waals surface area contributed by atoms with Crippen LogP contribution in [0.5, 0.6) is 0 Å². The second kappa shape index (κ2) is 7.06. The highest BCUT2D eigenvalue weighted by Crippen LogP contribution is 2.27. The van der Waals surface area contributed by atoms with Crippen molar-refractivity contribution >= 4 is 0 Å². The third-order valence-electron chi connectivity index (χ3n) is 3.88. The van der Waals surface area contributed by atoms with Crippen LogP contribution in [0.4, 0.5) is 0 Å². The SMILES string of the molecule is CCOCCN1CCC[C@H](c2nccn2C(C)C)C1. The van der Waals surface area contributed by atoms with Gasteiger partial charge in [-0.25, -0.2) is 4.98 Å². The largest absolute Gasteiger partial charge is 0.380 e. The van der Waals surface area contributed by atoms with E-state index < -0.39 is 0 Å². The summed E-state index contributed by atoms with van der Waals surface area (Å²) in [6.07, 6.45) is 6.57. The van der Waals surface area contributed by atoms with Crippen LogP contribution in [0.1, 0.15) is 51.4 Å². The Morgan fingerprint density at radius 3 is 3.05 bits per heavy atom. The summed E-state index contributed by atoms with van der Waals surface area (Å²) in [6, 6.07) is 0.497. The van der Waals surface area contributed by atoms with Gasteiger partial charge in [0, 0.05) is 44.0 Å². The molecule has 1 saturated heterocycles. The van der Waals surface area contributed by atoms with Gasteiger partial charge in [0.2, 0.25) is 0 Å². The normalized spacial score (nSPS) is 21.2. The smallest absolute Gasteiger partial charge is 0.113 e. The molecule has 1 aromatic heterocycles. The Morgan fingerprint density at radius 1 is 1.47 bits per heavy atom. The predicted molar refractivity (Wildman–Crippen MR) is 77.5 cm³/mol. The van der Waals surface area contributed by atoms with E-state index in [0.29, 0.717) is 12.0 Å². The molecule has 4 nitrogen and oxygen atoms in total. The first-order valence-corrected chi connectivity index (χ1v) is 7.55. The maximum absolute atomic E-state index is 5.46. The molecule has 1 atom stereocenters. The molecule has 2 rings (SSSR count). The lowest BCUT2D eigenvalue weighted by molar-refractivity contribution is 0.0994. The topological polar surface area (TPSA) is 30.3 Å². The highest BCUT2D eigenvalue weighted by Gasteiger charge is 2.24. The van der Waals surface area contributed by atoms with E-state index in [2.05, 4.69) is 41.4 Å². The summed E-state index contributed by atoms with van der Waals surface area (Å²) < 4.78 is 7.78. The van der Waals surface area contributed by atoms with Crippen LogP contribution in [0, 0.1) is 0 Å². The molecule has 1 aromatic rings. The fourth-order valence-corrected chi connectivity index (χ4v) is 2.88. The molecule has 0 saturated carbocycles. The molecule has 0 spiro atoms. The molecule has 0 bridgehead atoms. The Labute approximate surface area is 116 Å². The zero-order chi connectivity index (χ0) is 13.7. The summed E-state index contributed by atoms with van der Waals surface area (Å²) >= 11 is 0. The lowest BCUT2D eigenvalue weighted by Crippen LogP contribution is -2.37. The maximum Gasteiger partial charge on any atom is 0.113 e. The number of nitrogens with zero attached hydrogens (tertiary/aromatic N) is 3. The van der Waals surface area contributed by atoms with E-state index in [1.807, 2.05) is 6.20 Å². The summed E-state index contributed by atoms with van der Waals surface area (Å²) in [5.74, 6) is 1.84. The molecule has 0 radical (unpaired) electrons. The molecule has 19 heavy (non-hydrogen) atoms. The van der Waals surface area contributed by atoms with Crippen molar-refractivity contribution in [2.45, 2.75) is 45.6 Å². The van der Waals surface area contributed by atoms with Crippen molar-refractivity contribution in [1.82, 2.24) is 14.5 Å². The van der Waals surface area contributed by atoms with Gasteiger partial charge < -0.3 is 14.2 Å². The number of imidazole rings is 1. The number of hydrogen-bond donors (Lipinski definition) is 0. The second-order valence-electron chi connectivity index (χ2n) is 5.62. The molecule has 1 fully saturated rings. The van der Waals surface area contributed by atoms with E-state index in [4.69, 9.17) is 4.74 Å². The van der Waals surface area contributed by atoms with Crippen molar-refractivity contribution in [1.29, 1.82) is 0 Å². The molecule has 2 heterocycles. The van der Waals surface area contributed by atoms with E-state index in [0.717, 1.165) is 26.3 Å². The molecule has 1 aliphatic heterocycles. The highest BCUT2D eigenvalue weighted by atomic mass is 16.5. The molecular weight excluding hydrogens is 238 g/mol. The van der Waals surface area contributed by atoms with Crippen LogP contribution in [0.15, 0.2) is 12.4 Å². The average molecular weight is 265 g/mol. The van der Waals surface area contributed by atoms with Gasteiger partial charge in [-0.2, -0.15) is 0 Å². The Hall–Kier alpha value is -0.870. The Morgan fingerprint density at radius 2 is 2.32 bits per heavy atom. The average Bonchev–Trinajstić information content (AvgIpc) is 2.89. The van der Waals surface area contributed by atoms with E-state index >= 15 is 0 Å². The number of likely N-dealkylation sites (tertiary alicyclic amines) is 1. The summed E-state index contributed by atoms with van der Waals surface area (Å²) in [6.45, 7) is 11.5. The van der Waals surface area contributed by atoms with Gasteiger partial charge in [0.05, 0.1) is 6.61 Å². The Balaban J connectivity index is 1.94. The fourth-order valence-electron chi connectivity index (χ4n) is 2.88. The first-order chi connectivity index (χ1) is 9.22. The van der Waals surface area contributed by atoms with Crippen molar-refractivity contribution in [3.8, 4) is 0 Å². The van der Waals surface area contributed by atoms with Gasteiger partial charge in [0.1, 0.15) is 5.82 Å². The second-order valence-corrected chi connectivity index (χ2v) is 5.62. The van der Waals surface area contributed by atoms with Crippen LogP contribution in [0.2, 0.25) is 0 Å². The molecule has 108 valence electrons. The van der Waals surface area contributed by atoms with Crippen LogP contribution < -0.4 is 0 Å². The Bertz CT molecular complexity index is 375. The molecular formula is C15H27N3O. The quantitative estimate of drug-likeness (QED) is 0.741. The van der Waals surface area contributed by atoms with Gasteiger partial charge in [0.25, 0.3) is 0 Å². The van der Waals surface area contributed by atoms with Gasteiger partial charge >= 0.3 is 0 Å². The Kier molecular flexibility index (Phi) is 5.40. The molecule has 0 N–H and O–H groups in total. The monoisotopic (exact) mass is 265 g/mol. The van der Waals surface area contributed by atoms with E-state index in [1.54, 1.807) is 0 Å². The van der Waals surface area contributed by atoms with Gasteiger partial charge in [-0.15, -0.1) is 0 Å². The molecule has 0 unspecified atom stereocenters. The fraction of sp³-hybridized carbons (Fsp3) is 0.800. The first-order valence-electron chi connectivity index (χ1n) is 7.55. The van der Waals surface area contributed by atoms with Gasteiger partial charge in [-0.05, 0) is 40.2 Å².